The SMILES string of the molecule is CNC(Cc1cccc(F)c1)c1scnc1C. The summed E-state index contributed by atoms with van der Waals surface area (Å²) < 4.78 is 13.1. The lowest BCUT2D eigenvalue weighted by molar-refractivity contribution is 0.589. The summed E-state index contributed by atoms with van der Waals surface area (Å²) in [5.74, 6) is -0.182. The number of benzene rings is 1. The van der Waals surface area contributed by atoms with Crippen LogP contribution < -0.4 is 5.32 Å². The number of nitrogens with zero attached hydrogens (tertiary/aromatic N) is 1. The number of halogens is 1. The minimum Gasteiger partial charge on any atom is -0.312 e. The van der Waals surface area contributed by atoms with Crippen molar-refractivity contribution in [2.45, 2.75) is 19.4 Å². The van der Waals surface area contributed by atoms with E-state index in [0.29, 0.717) is 0 Å². The molecule has 0 saturated carbocycles. The first-order valence-corrected chi connectivity index (χ1v) is 6.40. The van der Waals surface area contributed by atoms with E-state index in [9.17, 15) is 4.39 Å². The van der Waals surface area contributed by atoms with Crippen LogP contribution >= 0.6 is 11.3 Å². The van der Waals surface area contributed by atoms with E-state index in [1.54, 1.807) is 23.5 Å². The van der Waals surface area contributed by atoms with Gasteiger partial charge in [0.2, 0.25) is 0 Å². The van der Waals surface area contributed by atoms with Crippen molar-refractivity contribution < 1.29 is 4.39 Å². The normalized spacial score (nSPS) is 12.6. The van der Waals surface area contributed by atoms with Crippen molar-refractivity contribution in [3.63, 3.8) is 0 Å². The van der Waals surface area contributed by atoms with Crippen LogP contribution in [0.3, 0.4) is 0 Å². The van der Waals surface area contributed by atoms with Gasteiger partial charge in [-0.05, 0) is 38.1 Å². The number of nitrogens with one attached hydrogen (secondary N) is 1. The van der Waals surface area contributed by atoms with Crippen molar-refractivity contribution in [1.29, 1.82) is 0 Å². The summed E-state index contributed by atoms with van der Waals surface area (Å²) >= 11 is 1.64. The zero-order chi connectivity index (χ0) is 12.3. The van der Waals surface area contributed by atoms with Gasteiger partial charge in [0.15, 0.2) is 0 Å². The van der Waals surface area contributed by atoms with Crippen molar-refractivity contribution in [3.8, 4) is 0 Å². The first kappa shape index (κ1) is 12.2. The van der Waals surface area contributed by atoms with Crippen molar-refractivity contribution in [1.82, 2.24) is 10.3 Å². The Morgan fingerprint density at radius 3 is 2.88 bits per heavy atom. The van der Waals surface area contributed by atoms with Gasteiger partial charge in [0.25, 0.3) is 0 Å². The van der Waals surface area contributed by atoms with E-state index >= 15 is 0 Å². The van der Waals surface area contributed by atoms with Crippen LogP contribution in [0.5, 0.6) is 0 Å². The Labute approximate surface area is 105 Å². The third-order valence-electron chi connectivity index (χ3n) is 2.78. The molecule has 4 heteroatoms. The minimum atomic E-state index is -0.182. The van der Waals surface area contributed by atoms with Crippen LogP contribution in [0.25, 0.3) is 0 Å². The van der Waals surface area contributed by atoms with Crippen LogP contribution in [-0.2, 0) is 6.42 Å². The molecule has 90 valence electrons. The molecule has 0 aliphatic carbocycles. The number of likely N-dealkylation sites (N-methyl/N-ethyl adjacent to an activating group) is 1. The topological polar surface area (TPSA) is 24.9 Å². The van der Waals surface area contributed by atoms with Crippen molar-refractivity contribution in [2.75, 3.05) is 7.05 Å². The summed E-state index contributed by atoms with van der Waals surface area (Å²) in [4.78, 5) is 5.47. The van der Waals surface area contributed by atoms with Gasteiger partial charge in [-0.2, -0.15) is 0 Å². The van der Waals surface area contributed by atoms with Gasteiger partial charge in [0.1, 0.15) is 5.82 Å². The number of rotatable bonds is 4. The van der Waals surface area contributed by atoms with Gasteiger partial charge in [-0.1, -0.05) is 12.1 Å². The molecule has 2 rings (SSSR count). The van der Waals surface area contributed by atoms with E-state index in [-0.39, 0.29) is 11.9 Å². The lowest BCUT2D eigenvalue weighted by Gasteiger charge is -2.15. The fourth-order valence-corrected chi connectivity index (χ4v) is 2.78. The predicted octanol–water partition coefficient (Wildman–Crippen LogP) is 3.09. The molecule has 0 amide bonds. The summed E-state index contributed by atoms with van der Waals surface area (Å²) in [6.07, 6.45) is 0.775. The summed E-state index contributed by atoms with van der Waals surface area (Å²) in [6.45, 7) is 2.00. The predicted molar refractivity (Wildman–Crippen MR) is 68.8 cm³/mol. The zero-order valence-corrected chi connectivity index (χ0v) is 10.7. The Bertz CT molecular complexity index is 496. The third kappa shape index (κ3) is 2.90. The number of aryl methyl sites for hydroxylation is 1. The fraction of sp³-hybridized carbons (Fsp3) is 0.308. The number of hydrogen-bond acceptors (Lipinski definition) is 3. The molecule has 1 N–H and O–H groups in total. The number of thiazole rings is 1. The van der Waals surface area contributed by atoms with Crippen molar-refractivity contribution in [3.05, 3.63) is 51.7 Å². The molecule has 0 aliphatic rings. The molecule has 1 aromatic heterocycles. The second kappa shape index (κ2) is 5.38. The summed E-state index contributed by atoms with van der Waals surface area (Å²) in [7, 11) is 1.92. The molecule has 2 aromatic rings. The van der Waals surface area contributed by atoms with Crippen LogP contribution in [0.2, 0.25) is 0 Å². The second-order valence-electron chi connectivity index (χ2n) is 3.98. The van der Waals surface area contributed by atoms with Gasteiger partial charge in [-0.15, -0.1) is 11.3 Å². The largest absolute Gasteiger partial charge is 0.312 e. The van der Waals surface area contributed by atoms with Crippen molar-refractivity contribution >= 4 is 11.3 Å². The zero-order valence-electron chi connectivity index (χ0n) is 9.90. The quantitative estimate of drug-likeness (QED) is 0.902. The van der Waals surface area contributed by atoms with Gasteiger partial charge in [0, 0.05) is 10.9 Å². The van der Waals surface area contributed by atoms with Crippen LogP contribution in [-0.4, -0.2) is 12.0 Å². The number of hydrogen-bond donors (Lipinski definition) is 1. The molecule has 2 nitrogen and oxygen atoms in total. The summed E-state index contributed by atoms with van der Waals surface area (Å²) in [5, 5.41) is 3.26. The maximum Gasteiger partial charge on any atom is 0.123 e. The van der Waals surface area contributed by atoms with E-state index in [1.807, 2.05) is 25.5 Å². The molecule has 0 spiro atoms. The average molecular weight is 250 g/mol. The third-order valence-corrected chi connectivity index (χ3v) is 3.82. The molecule has 0 fully saturated rings. The first-order chi connectivity index (χ1) is 8.20. The smallest absolute Gasteiger partial charge is 0.123 e. The molecule has 0 bridgehead atoms. The standard InChI is InChI=1S/C13H15FN2S/c1-9-13(17-8-16-9)12(15-2)7-10-4-3-5-11(14)6-10/h3-6,8,12,15H,7H2,1-2H3. The van der Waals surface area contributed by atoms with Crippen LogP contribution in [0.4, 0.5) is 4.39 Å². The molecular weight excluding hydrogens is 235 g/mol. The van der Waals surface area contributed by atoms with Gasteiger partial charge in [-0.25, -0.2) is 9.37 Å². The van der Waals surface area contributed by atoms with Gasteiger partial charge < -0.3 is 5.32 Å². The van der Waals surface area contributed by atoms with E-state index in [1.165, 1.54) is 10.9 Å². The molecule has 17 heavy (non-hydrogen) atoms. The molecule has 1 heterocycles. The van der Waals surface area contributed by atoms with Crippen LogP contribution in [0.1, 0.15) is 22.2 Å². The van der Waals surface area contributed by atoms with Gasteiger partial charge in [0.05, 0.1) is 11.2 Å². The Balaban J connectivity index is 2.19. The molecule has 1 atom stereocenters. The monoisotopic (exact) mass is 250 g/mol. The molecular formula is C13H15FN2S. The lowest BCUT2D eigenvalue weighted by atomic mass is 10.0. The highest BCUT2D eigenvalue weighted by Crippen LogP contribution is 2.24. The highest BCUT2D eigenvalue weighted by Gasteiger charge is 2.14. The Morgan fingerprint density at radius 1 is 1.47 bits per heavy atom. The Kier molecular flexibility index (Phi) is 3.86. The van der Waals surface area contributed by atoms with Gasteiger partial charge >= 0.3 is 0 Å². The molecule has 1 aromatic carbocycles. The Morgan fingerprint density at radius 2 is 2.29 bits per heavy atom. The molecule has 0 saturated heterocycles. The van der Waals surface area contributed by atoms with E-state index in [0.717, 1.165) is 17.7 Å². The molecule has 1 unspecified atom stereocenters. The van der Waals surface area contributed by atoms with Crippen molar-refractivity contribution in [2.24, 2.45) is 0 Å². The van der Waals surface area contributed by atoms with Crippen LogP contribution in [0.15, 0.2) is 29.8 Å². The lowest BCUT2D eigenvalue weighted by Crippen LogP contribution is -2.18. The summed E-state index contributed by atoms with van der Waals surface area (Å²) in [5.41, 5.74) is 3.89. The molecule has 0 aliphatic heterocycles. The highest BCUT2D eigenvalue weighted by molar-refractivity contribution is 7.09. The summed E-state index contributed by atoms with van der Waals surface area (Å²) in [6, 6.07) is 6.95. The number of aromatic nitrogens is 1. The van der Waals surface area contributed by atoms with E-state index < -0.39 is 0 Å². The maximum absolute atomic E-state index is 13.1. The average Bonchev–Trinajstić information content (AvgIpc) is 2.72. The maximum atomic E-state index is 13.1. The highest BCUT2D eigenvalue weighted by atomic mass is 32.1. The van der Waals surface area contributed by atoms with E-state index in [2.05, 4.69) is 10.3 Å². The first-order valence-electron chi connectivity index (χ1n) is 5.52. The molecule has 0 radical (unpaired) electrons. The van der Waals surface area contributed by atoms with Crippen LogP contribution in [0, 0.1) is 12.7 Å². The van der Waals surface area contributed by atoms with E-state index in [4.69, 9.17) is 0 Å². The Hall–Kier alpha value is -1.26. The van der Waals surface area contributed by atoms with Gasteiger partial charge in [-0.3, -0.25) is 0 Å². The minimum absolute atomic E-state index is 0.182. The fourth-order valence-electron chi connectivity index (χ4n) is 1.87. The second-order valence-corrected chi connectivity index (χ2v) is 4.86.